The zero-order chi connectivity index (χ0) is 31.0. The smallest absolute Gasteiger partial charge is 0.338 e. The van der Waals surface area contributed by atoms with Gasteiger partial charge in [0, 0.05) is 17.3 Å². The molecule has 0 fully saturated rings. The Morgan fingerprint density at radius 3 is 2.27 bits per heavy atom. The van der Waals surface area contributed by atoms with Crippen LogP contribution in [0.2, 0.25) is 0 Å². The van der Waals surface area contributed by atoms with Crippen molar-refractivity contribution in [2.24, 2.45) is 4.99 Å². The van der Waals surface area contributed by atoms with Crippen LogP contribution in [0.25, 0.3) is 23.0 Å². The van der Waals surface area contributed by atoms with Crippen LogP contribution in [0.4, 0.5) is 4.39 Å². The summed E-state index contributed by atoms with van der Waals surface area (Å²) in [6.07, 6.45) is 3.53. The zero-order valence-electron chi connectivity index (χ0n) is 23.9. The number of halogens is 1. The Morgan fingerprint density at radius 1 is 0.932 bits per heavy atom. The van der Waals surface area contributed by atoms with Crippen molar-refractivity contribution in [2.45, 2.75) is 13.0 Å². The number of fused-ring (bicyclic) bond motifs is 1. The molecule has 3 heterocycles. The molecule has 220 valence electrons. The number of nitrogens with zero attached hydrogens (tertiary/aromatic N) is 4. The molecule has 1 aliphatic heterocycles. The lowest BCUT2D eigenvalue weighted by Crippen LogP contribution is -2.39. The molecule has 0 bridgehead atoms. The van der Waals surface area contributed by atoms with Crippen molar-refractivity contribution < 1.29 is 23.5 Å². The van der Waals surface area contributed by atoms with E-state index in [1.165, 1.54) is 42.3 Å². The van der Waals surface area contributed by atoms with Gasteiger partial charge < -0.3 is 9.47 Å². The Morgan fingerprint density at radius 2 is 1.61 bits per heavy atom. The van der Waals surface area contributed by atoms with E-state index in [4.69, 9.17) is 14.6 Å². The summed E-state index contributed by atoms with van der Waals surface area (Å²) in [5.41, 5.74) is 3.84. The van der Waals surface area contributed by atoms with Crippen molar-refractivity contribution in [2.75, 3.05) is 14.2 Å². The van der Waals surface area contributed by atoms with Gasteiger partial charge in [-0.05, 0) is 67.1 Å². The van der Waals surface area contributed by atoms with Gasteiger partial charge in [0.25, 0.3) is 5.56 Å². The third-order valence-electron chi connectivity index (χ3n) is 7.24. The third-order valence-corrected chi connectivity index (χ3v) is 8.22. The van der Waals surface area contributed by atoms with E-state index in [-0.39, 0.29) is 16.9 Å². The van der Waals surface area contributed by atoms with E-state index >= 15 is 0 Å². The van der Waals surface area contributed by atoms with Crippen LogP contribution in [-0.4, -0.2) is 40.5 Å². The van der Waals surface area contributed by atoms with Crippen LogP contribution in [0.15, 0.2) is 106 Å². The highest BCUT2D eigenvalue weighted by Crippen LogP contribution is 2.31. The first-order chi connectivity index (χ1) is 21.3. The Bertz CT molecular complexity index is 2110. The fourth-order valence-electron chi connectivity index (χ4n) is 5.11. The molecule has 0 saturated carbocycles. The number of para-hydroxylation sites is 1. The molecular weight excluding hydrogens is 583 g/mol. The largest absolute Gasteiger partial charge is 0.466 e. The molecule has 44 heavy (non-hydrogen) atoms. The minimum absolute atomic E-state index is 0.209. The second kappa shape index (κ2) is 11.7. The quantitative estimate of drug-likeness (QED) is 0.268. The average Bonchev–Trinajstić information content (AvgIpc) is 3.61. The maximum Gasteiger partial charge on any atom is 0.338 e. The molecule has 6 rings (SSSR count). The van der Waals surface area contributed by atoms with Gasteiger partial charge in [-0.25, -0.2) is 23.7 Å². The molecule has 0 radical (unpaired) electrons. The number of hydrogen-bond acceptors (Lipinski definition) is 8. The maximum absolute atomic E-state index is 14.1. The van der Waals surface area contributed by atoms with Crippen molar-refractivity contribution in [1.29, 1.82) is 0 Å². The number of benzene rings is 3. The Hall–Kier alpha value is -5.42. The number of methoxy groups -OCH3 is 2. The van der Waals surface area contributed by atoms with Crippen LogP contribution in [-0.2, 0) is 14.3 Å². The summed E-state index contributed by atoms with van der Waals surface area (Å²) in [4.78, 5) is 44.1. The monoisotopic (exact) mass is 608 g/mol. The van der Waals surface area contributed by atoms with E-state index in [9.17, 15) is 18.8 Å². The van der Waals surface area contributed by atoms with Crippen LogP contribution < -0.4 is 14.9 Å². The Balaban J connectivity index is 1.54. The van der Waals surface area contributed by atoms with Gasteiger partial charge in [-0.2, -0.15) is 5.10 Å². The highest BCUT2D eigenvalue weighted by atomic mass is 32.1. The summed E-state index contributed by atoms with van der Waals surface area (Å²) in [5.74, 6) is -1.50. The van der Waals surface area contributed by atoms with Crippen LogP contribution in [0.3, 0.4) is 0 Å². The highest BCUT2D eigenvalue weighted by molar-refractivity contribution is 7.07. The molecule has 5 aromatic rings. The third kappa shape index (κ3) is 5.18. The van der Waals surface area contributed by atoms with E-state index in [1.54, 1.807) is 60.3 Å². The fraction of sp³-hybridized carbons (Fsp3) is 0.121. The van der Waals surface area contributed by atoms with Crippen LogP contribution in [0.1, 0.15) is 34.5 Å². The minimum atomic E-state index is -0.851. The van der Waals surface area contributed by atoms with Crippen LogP contribution >= 0.6 is 11.3 Å². The van der Waals surface area contributed by atoms with Gasteiger partial charge in [0.05, 0.1) is 47.3 Å². The van der Waals surface area contributed by atoms with Gasteiger partial charge in [0.15, 0.2) is 4.80 Å². The predicted octanol–water partition coefficient (Wildman–Crippen LogP) is 4.19. The molecule has 3 aromatic carbocycles. The van der Waals surface area contributed by atoms with E-state index in [2.05, 4.69) is 4.99 Å². The van der Waals surface area contributed by atoms with Gasteiger partial charge in [-0.15, -0.1) is 0 Å². The highest BCUT2D eigenvalue weighted by Gasteiger charge is 2.33. The SMILES string of the molecule is COC(=O)C1=C(C)N=c2sc(=Cc3cn(-c4ccccc4)nc3-c3ccc(F)cc3)c(=O)n2C1c1ccc(C(=O)OC)cc1. The molecule has 0 amide bonds. The number of allylic oxidation sites excluding steroid dienone is 1. The van der Waals surface area contributed by atoms with Crippen molar-refractivity contribution in [3.63, 3.8) is 0 Å². The first kappa shape index (κ1) is 28.7. The second-order valence-electron chi connectivity index (χ2n) is 9.91. The van der Waals surface area contributed by atoms with E-state index < -0.39 is 18.0 Å². The molecule has 0 aliphatic carbocycles. The summed E-state index contributed by atoms with van der Waals surface area (Å²) < 4.78 is 27.2. The van der Waals surface area contributed by atoms with E-state index in [0.717, 1.165) is 5.69 Å². The number of thiazole rings is 1. The van der Waals surface area contributed by atoms with Gasteiger partial charge in [0.1, 0.15) is 11.5 Å². The molecule has 0 saturated heterocycles. The van der Waals surface area contributed by atoms with Crippen molar-refractivity contribution in [3.05, 3.63) is 139 Å². The average molecular weight is 609 g/mol. The van der Waals surface area contributed by atoms with Crippen LogP contribution in [0, 0.1) is 5.82 Å². The summed E-state index contributed by atoms with van der Waals surface area (Å²) >= 11 is 1.17. The normalized spacial score (nSPS) is 14.6. The fourth-order valence-corrected chi connectivity index (χ4v) is 6.14. The standard InChI is InChI=1S/C33H25FN4O5S/c1-19-27(32(41)43-3)29(21-9-11-22(12-10-21)31(40)42-2)38-30(39)26(44-33(38)35-19)17-23-18-37(25-7-5-4-6-8-25)36-28(23)20-13-15-24(34)16-14-20/h4-18,29H,1-3H3. The van der Waals surface area contributed by atoms with Crippen LogP contribution in [0.5, 0.6) is 0 Å². The first-order valence-corrected chi connectivity index (χ1v) is 14.3. The minimum Gasteiger partial charge on any atom is -0.466 e. The molecule has 2 aromatic heterocycles. The lowest BCUT2D eigenvalue weighted by Gasteiger charge is -2.24. The lowest BCUT2D eigenvalue weighted by molar-refractivity contribution is -0.136. The summed E-state index contributed by atoms with van der Waals surface area (Å²) in [5, 5.41) is 4.77. The molecule has 0 N–H and O–H groups in total. The molecule has 1 unspecified atom stereocenters. The van der Waals surface area contributed by atoms with Gasteiger partial charge in [-0.1, -0.05) is 41.7 Å². The molecule has 0 spiro atoms. The second-order valence-corrected chi connectivity index (χ2v) is 10.9. The van der Waals surface area contributed by atoms with Gasteiger partial charge in [-0.3, -0.25) is 9.36 Å². The molecule has 11 heteroatoms. The van der Waals surface area contributed by atoms with Gasteiger partial charge in [0.2, 0.25) is 0 Å². The predicted molar refractivity (Wildman–Crippen MR) is 163 cm³/mol. The summed E-state index contributed by atoms with van der Waals surface area (Å²) in [7, 11) is 2.56. The number of hydrogen-bond donors (Lipinski definition) is 0. The first-order valence-electron chi connectivity index (χ1n) is 13.5. The van der Waals surface area contributed by atoms with E-state index in [1.807, 2.05) is 30.3 Å². The summed E-state index contributed by atoms with van der Waals surface area (Å²) in [6, 6.07) is 21.1. The number of rotatable bonds is 6. The Kier molecular flexibility index (Phi) is 7.62. The number of ether oxygens (including phenoxy) is 2. The molecule has 1 atom stereocenters. The summed E-state index contributed by atoms with van der Waals surface area (Å²) in [6.45, 7) is 1.69. The number of carbonyl (C=O) groups excluding carboxylic acids is 2. The zero-order valence-corrected chi connectivity index (χ0v) is 24.7. The maximum atomic E-state index is 14.1. The molecular formula is C33H25FN4O5S. The van der Waals surface area contributed by atoms with Crippen molar-refractivity contribution >= 4 is 29.4 Å². The van der Waals surface area contributed by atoms with Crippen molar-refractivity contribution in [1.82, 2.24) is 14.3 Å². The number of carbonyl (C=O) groups is 2. The molecule has 1 aliphatic rings. The molecule has 9 nitrogen and oxygen atoms in total. The van der Waals surface area contributed by atoms with Crippen molar-refractivity contribution in [3.8, 4) is 16.9 Å². The lowest BCUT2D eigenvalue weighted by atomic mass is 9.95. The Labute approximate surface area is 254 Å². The number of aromatic nitrogens is 3. The van der Waals surface area contributed by atoms with E-state index in [0.29, 0.717) is 43.0 Å². The topological polar surface area (TPSA) is 105 Å². The number of esters is 2. The van der Waals surface area contributed by atoms with Gasteiger partial charge >= 0.3 is 11.9 Å².